The largest absolute Gasteiger partial charge is 0.480 e. The third kappa shape index (κ3) is 4.96. The fourth-order valence-electron chi connectivity index (χ4n) is 3.97. The minimum absolute atomic E-state index is 0.552. The fraction of sp³-hybridized carbons (Fsp3) is 0.138. The number of carboxylic acids is 1. The Balaban J connectivity index is 1.50. The Labute approximate surface area is 188 Å². The molecule has 0 bridgehead atoms. The second kappa shape index (κ2) is 10.1. The van der Waals surface area contributed by atoms with Crippen molar-refractivity contribution in [1.82, 2.24) is 4.90 Å². The van der Waals surface area contributed by atoms with Crippen LogP contribution in [0.15, 0.2) is 97.1 Å². The lowest BCUT2D eigenvalue weighted by atomic mass is 10.0. The summed E-state index contributed by atoms with van der Waals surface area (Å²) in [4.78, 5) is 13.6. The first-order chi connectivity index (χ1) is 15.6. The van der Waals surface area contributed by atoms with E-state index in [1.165, 1.54) is 21.5 Å². The summed E-state index contributed by atoms with van der Waals surface area (Å²) in [5, 5.41) is 14.4. The van der Waals surface area contributed by atoms with E-state index in [1.807, 2.05) is 53.5 Å². The predicted octanol–water partition coefficient (Wildman–Crippen LogP) is 6.49. The van der Waals surface area contributed by atoms with Crippen LogP contribution in [0, 0.1) is 0 Å². The van der Waals surface area contributed by atoms with Crippen molar-refractivity contribution in [2.75, 3.05) is 13.1 Å². The topological polar surface area (TPSA) is 40.5 Å². The number of aliphatic carboxylic acids is 1. The van der Waals surface area contributed by atoms with Gasteiger partial charge in [-0.2, -0.15) is 0 Å². The van der Waals surface area contributed by atoms with Crippen molar-refractivity contribution < 1.29 is 9.90 Å². The van der Waals surface area contributed by atoms with Gasteiger partial charge >= 0.3 is 5.97 Å². The van der Waals surface area contributed by atoms with Crippen molar-refractivity contribution in [3.8, 4) is 0 Å². The van der Waals surface area contributed by atoms with Crippen LogP contribution in [0.3, 0.4) is 0 Å². The summed E-state index contributed by atoms with van der Waals surface area (Å²) in [6.45, 7) is 2.84. The van der Waals surface area contributed by atoms with Gasteiger partial charge in [-0.3, -0.25) is 9.69 Å². The lowest BCUT2D eigenvalue weighted by Crippen LogP contribution is -2.39. The number of benzene rings is 4. The first-order valence-electron chi connectivity index (χ1n) is 10.9. The van der Waals surface area contributed by atoms with E-state index in [2.05, 4.69) is 60.7 Å². The van der Waals surface area contributed by atoms with Crippen LogP contribution >= 0.6 is 0 Å². The van der Waals surface area contributed by atoms with Crippen LogP contribution in [-0.4, -0.2) is 35.1 Å². The zero-order chi connectivity index (χ0) is 22.3. The second-order valence-corrected chi connectivity index (χ2v) is 7.91. The smallest absolute Gasteiger partial charge is 0.320 e. The Morgan fingerprint density at radius 3 is 1.66 bits per heavy atom. The van der Waals surface area contributed by atoms with Gasteiger partial charge in [-0.1, -0.05) is 109 Å². The third-order valence-electron chi connectivity index (χ3n) is 5.83. The molecule has 0 amide bonds. The van der Waals surface area contributed by atoms with Gasteiger partial charge in [0.1, 0.15) is 6.04 Å². The molecular weight excluding hydrogens is 394 g/mol. The molecule has 1 atom stereocenters. The molecular formula is C29H27NO2. The SMILES string of the molecule is CC(C(=O)O)N(CC=Cc1cccc2ccccc12)CC=Cc1cccc2ccccc12. The molecule has 4 rings (SSSR count). The molecule has 0 radical (unpaired) electrons. The highest BCUT2D eigenvalue weighted by atomic mass is 16.4. The van der Waals surface area contributed by atoms with Gasteiger partial charge in [0.05, 0.1) is 0 Å². The van der Waals surface area contributed by atoms with Crippen LogP contribution in [0.5, 0.6) is 0 Å². The fourth-order valence-corrected chi connectivity index (χ4v) is 3.97. The Bertz CT molecular complexity index is 1190. The predicted molar refractivity (Wildman–Crippen MR) is 135 cm³/mol. The molecule has 0 aliphatic heterocycles. The average Bonchev–Trinajstić information content (AvgIpc) is 2.83. The van der Waals surface area contributed by atoms with Gasteiger partial charge in [0, 0.05) is 13.1 Å². The molecule has 32 heavy (non-hydrogen) atoms. The van der Waals surface area contributed by atoms with Crippen molar-refractivity contribution in [2.45, 2.75) is 13.0 Å². The minimum Gasteiger partial charge on any atom is -0.480 e. The maximum Gasteiger partial charge on any atom is 0.320 e. The van der Waals surface area contributed by atoms with Gasteiger partial charge in [0.25, 0.3) is 0 Å². The van der Waals surface area contributed by atoms with Gasteiger partial charge in [0.2, 0.25) is 0 Å². The van der Waals surface area contributed by atoms with E-state index in [1.54, 1.807) is 6.92 Å². The number of hydrogen-bond donors (Lipinski definition) is 1. The van der Waals surface area contributed by atoms with E-state index in [0.29, 0.717) is 13.1 Å². The van der Waals surface area contributed by atoms with Crippen LogP contribution < -0.4 is 0 Å². The molecule has 160 valence electrons. The summed E-state index contributed by atoms with van der Waals surface area (Å²) in [5.74, 6) is -0.817. The highest BCUT2D eigenvalue weighted by molar-refractivity contribution is 5.91. The highest BCUT2D eigenvalue weighted by Crippen LogP contribution is 2.21. The first kappa shape index (κ1) is 21.5. The van der Waals surface area contributed by atoms with Crippen molar-refractivity contribution in [3.05, 3.63) is 108 Å². The zero-order valence-electron chi connectivity index (χ0n) is 18.2. The molecule has 0 saturated carbocycles. The van der Waals surface area contributed by atoms with Crippen LogP contribution in [0.2, 0.25) is 0 Å². The van der Waals surface area contributed by atoms with Crippen molar-refractivity contribution >= 4 is 39.7 Å². The Morgan fingerprint density at radius 2 is 1.19 bits per heavy atom. The number of hydrogen-bond acceptors (Lipinski definition) is 2. The molecule has 1 unspecified atom stereocenters. The summed E-state index contributed by atoms with van der Waals surface area (Å²) >= 11 is 0. The number of fused-ring (bicyclic) bond motifs is 2. The van der Waals surface area contributed by atoms with E-state index in [4.69, 9.17) is 0 Å². The Kier molecular flexibility index (Phi) is 6.78. The van der Waals surface area contributed by atoms with Crippen LogP contribution in [0.25, 0.3) is 33.7 Å². The van der Waals surface area contributed by atoms with E-state index in [9.17, 15) is 9.90 Å². The second-order valence-electron chi connectivity index (χ2n) is 7.91. The molecule has 0 spiro atoms. The summed E-state index contributed by atoms with van der Waals surface area (Å²) < 4.78 is 0. The van der Waals surface area contributed by atoms with Crippen LogP contribution in [0.1, 0.15) is 18.1 Å². The maximum absolute atomic E-state index is 11.7. The number of rotatable bonds is 8. The van der Waals surface area contributed by atoms with Gasteiger partial charge in [0.15, 0.2) is 0 Å². The molecule has 0 aliphatic carbocycles. The van der Waals surface area contributed by atoms with Gasteiger partial charge < -0.3 is 5.11 Å². The monoisotopic (exact) mass is 421 g/mol. The van der Waals surface area contributed by atoms with Gasteiger partial charge in [-0.15, -0.1) is 0 Å². The molecule has 3 nitrogen and oxygen atoms in total. The van der Waals surface area contributed by atoms with E-state index >= 15 is 0 Å². The lowest BCUT2D eigenvalue weighted by molar-refractivity contribution is -0.142. The third-order valence-corrected chi connectivity index (χ3v) is 5.83. The highest BCUT2D eigenvalue weighted by Gasteiger charge is 2.18. The first-order valence-corrected chi connectivity index (χ1v) is 10.9. The Morgan fingerprint density at radius 1 is 0.750 bits per heavy atom. The number of nitrogens with zero attached hydrogens (tertiary/aromatic N) is 1. The average molecular weight is 422 g/mol. The summed E-state index contributed by atoms with van der Waals surface area (Å²) in [5.41, 5.74) is 2.27. The lowest BCUT2D eigenvalue weighted by Gasteiger charge is -2.23. The molecule has 0 fully saturated rings. The quantitative estimate of drug-likeness (QED) is 0.353. The molecule has 0 aliphatic rings. The number of carbonyl (C=O) groups is 1. The maximum atomic E-state index is 11.7. The zero-order valence-corrected chi connectivity index (χ0v) is 18.2. The Hall–Kier alpha value is -3.69. The van der Waals surface area contributed by atoms with Crippen molar-refractivity contribution in [1.29, 1.82) is 0 Å². The summed E-state index contributed by atoms with van der Waals surface area (Å²) in [6, 6.07) is 28.5. The molecule has 4 aromatic rings. The molecule has 0 saturated heterocycles. The van der Waals surface area contributed by atoms with E-state index in [-0.39, 0.29) is 0 Å². The van der Waals surface area contributed by atoms with Gasteiger partial charge in [-0.25, -0.2) is 0 Å². The minimum atomic E-state index is -0.817. The van der Waals surface area contributed by atoms with Crippen molar-refractivity contribution in [3.63, 3.8) is 0 Å². The normalized spacial score (nSPS) is 12.9. The van der Waals surface area contributed by atoms with Crippen LogP contribution in [-0.2, 0) is 4.79 Å². The number of carboxylic acid groups (broad SMARTS) is 1. The van der Waals surface area contributed by atoms with Crippen LogP contribution in [0.4, 0.5) is 0 Å². The van der Waals surface area contributed by atoms with E-state index in [0.717, 1.165) is 11.1 Å². The summed E-state index contributed by atoms with van der Waals surface area (Å²) in [7, 11) is 0. The standard InChI is InChI=1S/C29H27NO2/c1-22(29(31)32)30(20-8-16-25-14-6-12-23-10-2-4-18-27(23)25)21-9-17-26-15-7-13-24-11-3-5-19-28(24)26/h2-19,22H,20-21H2,1H3,(H,31,32). The van der Waals surface area contributed by atoms with Gasteiger partial charge in [-0.05, 0) is 39.6 Å². The van der Waals surface area contributed by atoms with Crippen molar-refractivity contribution in [2.24, 2.45) is 0 Å². The van der Waals surface area contributed by atoms with E-state index < -0.39 is 12.0 Å². The molecule has 0 heterocycles. The summed E-state index contributed by atoms with van der Waals surface area (Å²) in [6.07, 6.45) is 8.26. The molecule has 0 aromatic heterocycles. The molecule has 1 N–H and O–H groups in total. The molecule has 4 aromatic carbocycles. The molecule has 3 heteroatoms.